The zero-order valence-electron chi connectivity index (χ0n) is 14.1. The number of carbonyl (C=O) groups is 1. The van der Waals surface area contributed by atoms with E-state index in [-0.39, 0.29) is 22.3 Å². The molecule has 3 aromatic rings. The normalized spacial score (nSPS) is 13.4. The highest BCUT2D eigenvalue weighted by Gasteiger charge is 2.25. The van der Waals surface area contributed by atoms with Crippen LogP contribution >= 0.6 is 11.6 Å². The number of hydrogen-bond donors (Lipinski definition) is 0. The Balaban J connectivity index is 1.58. The molecule has 0 spiro atoms. The van der Waals surface area contributed by atoms with Gasteiger partial charge in [-0.25, -0.2) is 18.7 Å². The van der Waals surface area contributed by atoms with Crippen LogP contribution in [0.1, 0.15) is 21.6 Å². The van der Waals surface area contributed by atoms with E-state index in [0.29, 0.717) is 25.3 Å². The van der Waals surface area contributed by atoms with E-state index in [1.807, 2.05) is 0 Å². The summed E-state index contributed by atoms with van der Waals surface area (Å²) >= 11 is 6.04. The van der Waals surface area contributed by atoms with Crippen molar-refractivity contribution in [3.05, 3.63) is 82.1 Å². The molecule has 0 atom stereocenters. The van der Waals surface area contributed by atoms with Gasteiger partial charge < -0.3 is 4.90 Å². The van der Waals surface area contributed by atoms with Gasteiger partial charge in [-0.1, -0.05) is 11.6 Å². The predicted molar refractivity (Wildman–Crippen MR) is 97.3 cm³/mol. The van der Waals surface area contributed by atoms with Crippen molar-refractivity contribution in [2.75, 3.05) is 6.54 Å². The number of aromatic nitrogens is 2. The summed E-state index contributed by atoms with van der Waals surface area (Å²) in [6, 6.07) is 9.72. The van der Waals surface area contributed by atoms with Crippen LogP contribution in [-0.2, 0) is 13.0 Å². The van der Waals surface area contributed by atoms with Gasteiger partial charge in [0.05, 0.1) is 16.3 Å². The Hall–Kier alpha value is -2.86. The molecule has 0 saturated carbocycles. The Morgan fingerprint density at radius 2 is 1.81 bits per heavy atom. The van der Waals surface area contributed by atoms with Crippen molar-refractivity contribution in [1.82, 2.24) is 14.9 Å². The van der Waals surface area contributed by atoms with E-state index in [2.05, 4.69) is 9.97 Å². The molecule has 0 unspecified atom stereocenters. The standard InChI is InChI=1S/C20H14ClF2N3O/c21-17-6-5-15(23)9-16(17)20(27)26-8-7-18-13(11-26)10-24-19(25-18)12-1-3-14(22)4-2-12/h1-6,9-10H,7-8,11H2. The minimum absolute atomic E-state index is 0.143. The topological polar surface area (TPSA) is 46.1 Å². The van der Waals surface area contributed by atoms with E-state index in [0.717, 1.165) is 22.9 Å². The van der Waals surface area contributed by atoms with Crippen molar-refractivity contribution >= 4 is 17.5 Å². The van der Waals surface area contributed by atoms with Crippen LogP contribution in [0.3, 0.4) is 0 Å². The second-order valence-corrected chi connectivity index (χ2v) is 6.68. The molecular formula is C20H14ClF2N3O. The molecule has 2 aromatic carbocycles. The molecule has 1 aliphatic heterocycles. The lowest BCUT2D eigenvalue weighted by molar-refractivity contribution is 0.0733. The average Bonchev–Trinajstić information content (AvgIpc) is 2.69. The lowest BCUT2D eigenvalue weighted by atomic mass is 10.1. The van der Waals surface area contributed by atoms with E-state index < -0.39 is 5.82 Å². The van der Waals surface area contributed by atoms with Gasteiger partial charge in [0.2, 0.25) is 0 Å². The first-order chi connectivity index (χ1) is 13.0. The molecule has 0 aliphatic carbocycles. The highest BCUT2D eigenvalue weighted by atomic mass is 35.5. The first kappa shape index (κ1) is 17.5. The van der Waals surface area contributed by atoms with Gasteiger partial charge in [0.1, 0.15) is 11.6 Å². The van der Waals surface area contributed by atoms with Gasteiger partial charge in [0, 0.05) is 36.8 Å². The van der Waals surface area contributed by atoms with Crippen LogP contribution in [0.4, 0.5) is 8.78 Å². The molecule has 7 heteroatoms. The smallest absolute Gasteiger partial charge is 0.255 e. The fourth-order valence-corrected chi connectivity index (χ4v) is 3.26. The Kier molecular flexibility index (Phi) is 4.58. The van der Waals surface area contributed by atoms with Crippen molar-refractivity contribution in [3.63, 3.8) is 0 Å². The molecule has 0 saturated heterocycles. The summed E-state index contributed by atoms with van der Waals surface area (Å²) in [5.74, 6) is -0.635. The molecule has 0 bridgehead atoms. The maximum atomic E-state index is 13.5. The summed E-state index contributed by atoms with van der Waals surface area (Å²) in [6.07, 6.45) is 2.22. The highest BCUT2D eigenvalue weighted by Crippen LogP contribution is 2.25. The highest BCUT2D eigenvalue weighted by molar-refractivity contribution is 6.33. The van der Waals surface area contributed by atoms with Crippen molar-refractivity contribution in [3.8, 4) is 11.4 Å². The van der Waals surface area contributed by atoms with Gasteiger partial charge in [-0.15, -0.1) is 0 Å². The second-order valence-electron chi connectivity index (χ2n) is 6.27. The maximum Gasteiger partial charge on any atom is 0.255 e. The van der Waals surface area contributed by atoms with Gasteiger partial charge in [-0.2, -0.15) is 0 Å². The minimum Gasteiger partial charge on any atom is -0.334 e. The number of nitrogens with zero attached hydrogens (tertiary/aromatic N) is 3. The lowest BCUT2D eigenvalue weighted by Gasteiger charge is -2.28. The number of hydrogen-bond acceptors (Lipinski definition) is 3. The third-order valence-electron chi connectivity index (χ3n) is 4.48. The molecule has 1 aromatic heterocycles. The zero-order valence-corrected chi connectivity index (χ0v) is 14.9. The Labute approximate surface area is 159 Å². The summed E-state index contributed by atoms with van der Waals surface area (Å²) in [6.45, 7) is 0.767. The lowest BCUT2D eigenvalue weighted by Crippen LogP contribution is -2.36. The third-order valence-corrected chi connectivity index (χ3v) is 4.81. The average molecular weight is 386 g/mol. The number of amides is 1. The zero-order chi connectivity index (χ0) is 19.0. The maximum absolute atomic E-state index is 13.5. The van der Waals surface area contributed by atoms with Crippen LogP contribution in [0.15, 0.2) is 48.7 Å². The summed E-state index contributed by atoms with van der Waals surface area (Å²) in [5, 5.41) is 0.218. The third kappa shape index (κ3) is 3.53. The predicted octanol–water partition coefficient (Wildman–Crippen LogP) is 4.27. The first-order valence-electron chi connectivity index (χ1n) is 8.36. The number of benzene rings is 2. The van der Waals surface area contributed by atoms with Crippen molar-refractivity contribution < 1.29 is 13.6 Å². The molecule has 0 radical (unpaired) electrons. The van der Waals surface area contributed by atoms with Crippen molar-refractivity contribution in [2.24, 2.45) is 0 Å². The molecule has 4 rings (SSSR count). The van der Waals surface area contributed by atoms with Crippen LogP contribution in [0, 0.1) is 11.6 Å². The molecule has 0 N–H and O–H groups in total. The van der Waals surface area contributed by atoms with Gasteiger partial charge in [0.25, 0.3) is 5.91 Å². The number of carbonyl (C=O) groups excluding carboxylic acids is 1. The van der Waals surface area contributed by atoms with Gasteiger partial charge in [0.15, 0.2) is 5.82 Å². The van der Waals surface area contributed by atoms with E-state index in [9.17, 15) is 13.6 Å². The molecular weight excluding hydrogens is 372 g/mol. The Bertz CT molecular complexity index is 1020. The molecule has 4 nitrogen and oxygen atoms in total. The Morgan fingerprint density at radius 3 is 2.59 bits per heavy atom. The van der Waals surface area contributed by atoms with Crippen LogP contribution in [0.2, 0.25) is 5.02 Å². The van der Waals surface area contributed by atoms with E-state index in [1.54, 1.807) is 23.2 Å². The van der Waals surface area contributed by atoms with E-state index >= 15 is 0 Å². The van der Waals surface area contributed by atoms with Gasteiger partial charge >= 0.3 is 0 Å². The molecule has 27 heavy (non-hydrogen) atoms. The molecule has 136 valence electrons. The monoisotopic (exact) mass is 385 g/mol. The SMILES string of the molecule is O=C(c1cc(F)ccc1Cl)N1CCc2nc(-c3ccc(F)cc3)ncc2C1. The first-order valence-corrected chi connectivity index (χ1v) is 8.74. The van der Waals surface area contributed by atoms with Gasteiger partial charge in [-0.3, -0.25) is 4.79 Å². The summed E-state index contributed by atoms with van der Waals surface area (Å²) in [7, 11) is 0. The van der Waals surface area contributed by atoms with Crippen LogP contribution in [0.25, 0.3) is 11.4 Å². The summed E-state index contributed by atoms with van der Waals surface area (Å²) in [5.41, 5.74) is 2.54. The molecule has 2 heterocycles. The summed E-state index contributed by atoms with van der Waals surface area (Å²) in [4.78, 5) is 23.2. The number of fused-ring (bicyclic) bond motifs is 1. The van der Waals surface area contributed by atoms with Crippen LogP contribution < -0.4 is 0 Å². The van der Waals surface area contributed by atoms with Crippen molar-refractivity contribution in [1.29, 1.82) is 0 Å². The molecule has 1 aliphatic rings. The van der Waals surface area contributed by atoms with E-state index in [1.165, 1.54) is 24.3 Å². The fraction of sp³-hybridized carbons (Fsp3) is 0.150. The van der Waals surface area contributed by atoms with E-state index in [4.69, 9.17) is 11.6 Å². The minimum atomic E-state index is -0.507. The number of rotatable bonds is 2. The fourth-order valence-electron chi connectivity index (χ4n) is 3.06. The second kappa shape index (κ2) is 7.04. The quantitative estimate of drug-likeness (QED) is 0.661. The van der Waals surface area contributed by atoms with Crippen LogP contribution in [-0.4, -0.2) is 27.3 Å². The largest absolute Gasteiger partial charge is 0.334 e. The molecule has 0 fully saturated rings. The van der Waals surface area contributed by atoms with Gasteiger partial charge in [-0.05, 0) is 42.5 Å². The Morgan fingerprint density at radius 1 is 1.07 bits per heavy atom. The van der Waals surface area contributed by atoms with Crippen LogP contribution in [0.5, 0.6) is 0 Å². The van der Waals surface area contributed by atoms with Crippen molar-refractivity contribution in [2.45, 2.75) is 13.0 Å². The molecule has 1 amide bonds. The summed E-state index contributed by atoms with van der Waals surface area (Å²) < 4.78 is 26.5. The number of halogens is 3.